The van der Waals surface area contributed by atoms with E-state index in [0.717, 1.165) is 12.0 Å². The number of nitrogens with two attached hydrogens (primary N) is 1. The van der Waals surface area contributed by atoms with Crippen molar-refractivity contribution in [1.29, 1.82) is 0 Å². The van der Waals surface area contributed by atoms with Crippen LogP contribution in [0.4, 0.5) is 0 Å². The molecule has 1 atom stereocenters. The molecule has 0 unspecified atom stereocenters. The largest absolute Gasteiger partial charge is 0.354 e. The molecule has 2 amide bonds. The van der Waals surface area contributed by atoms with Crippen molar-refractivity contribution in [1.82, 2.24) is 10.2 Å². The Morgan fingerprint density at radius 2 is 1.93 bits per heavy atom. The summed E-state index contributed by atoms with van der Waals surface area (Å²) < 4.78 is 22.6. The van der Waals surface area contributed by atoms with Gasteiger partial charge < -0.3 is 10.2 Å². The van der Waals surface area contributed by atoms with E-state index in [1.54, 1.807) is 17.0 Å². The number of amides is 2. The molecule has 150 valence electrons. The first-order valence-electron chi connectivity index (χ1n) is 9.24. The highest BCUT2D eigenvalue weighted by Gasteiger charge is 2.46. The molecular formula is C19H29N3O4S. The number of primary sulfonamides is 1. The number of hydrogen-bond acceptors (Lipinski definition) is 4. The van der Waals surface area contributed by atoms with Crippen molar-refractivity contribution >= 4 is 21.8 Å². The van der Waals surface area contributed by atoms with E-state index in [-0.39, 0.29) is 16.7 Å². The summed E-state index contributed by atoms with van der Waals surface area (Å²) in [5.74, 6) is 0.357. The summed E-state index contributed by atoms with van der Waals surface area (Å²) >= 11 is 0. The Labute approximate surface area is 161 Å². The SMILES string of the molecule is CC(C)CCNC(=O)[C@@]1(C)CCC(=O)N1CCc1ccc(S(N)(=O)=O)cc1. The third-order valence-electron chi connectivity index (χ3n) is 5.09. The Balaban J connectivity index is 2.02. The molecule has 2 rings (SSSR count). The quantitative estimate of drug-likeness (QED) is 0.693. The molecular weight excluding hydrogens is 366 g/mol. The van der Waals surface area contributed by atoms with Crippen LogP contribution in [0.15, 0.2) is 29.2 Å². The van der Waals surface area contributed by atoms with Crippen LogP contribution in [0.3, 0.4) is 0 Å². The fourth-order valence-electron chi connectivity index (χ4n) is 3.25. The van der Waals surface area contributed by atoms with Crippen molar-refractivity contribution < 1.29 is 18.0 Å². The van der Waals surface area contributed by atoms with Gasteiger partial charge in [0.15, 0.2) is 0 Å². The smallest absolute Gasteiger partial charge is 0.245 e. The maximum atomic E-state index is 12.7. The zero-order valence-corrected chi connectivity index (χ0v) is 17.0. The van der Waals surface area contributed by atoms with Gasteiger partial charge in [0.2, 0.25) is 21.8 Å². The third kappa shape index (κ3) is 5.29. The summed E-state index contributed by atoms with van der Waals surface area (Å²) in [6.07, 6.45) is 2.29. The predicted molar refractivity (Wildman–Crippen MR) is 103 cm³/mol. The van der Waals surface area contributed by atoms with Gasteiger partial charge in [-0.25, -0.2) is 13.6 Å². The number of nitrogens with one attached hydrogen (secondary N) is 1. The second-order valence-electron chi connectivity index (χ2n) is 7.70. The monoisotopic (exact) mass is 395 g/mol. The van der Waals surface area contributed by atoms with E-state index in [0.29, 0.717) is 38.3 Å². The summed E-state index contributed by atoms with van der Waals surface area (Å²) in [5.41, 5.74) is 0.0406. The summed E-state index contributed by atoms with van der Waals surface area (Å²) in [6, 6.07) is 6.27. The molecule has 1 aromatic rings. The van der Waals surface area contributed by atoms with Gasteiger partial charge in [0, 0.05) is 19.5 Å². The second-order valence-corrected chi connectivity index (χ2v) is 9.26. The van der Waals surface area contributed by atoms with Crippen LogP contribution in [0.2, 0.25) is 0 Å². The summed E-state index contributed by atoms with van der Waals surface area (Å²) in [4.78, 5) is 26.7. The van der Waals surface area contributed by atoms with Gasteiger partial charge in [0.25, 0.3) is 0 Å². The molecule has 27 heavy (non-hydrogen) atoms. The van der Waals surface area contributed by atoms with Gasteiger partial charge in [-0.3, -0.25) is 9.59 Å². The molecule has 1 saturated heterocycles. The Bertz CT molecular complexity index is 790. The van der Waals surface area contributed by atoms with Crippen molar-refractivity contribution in [2.75, 3.05) is 13.1 Å². The standard InChI is InChI=1S/C19H29N3O4S/c1-14(2)9-12-21-18(24)19(3)11-8-17(23)22(19)13-10-15-4-6-16(7-5-15)27(20,25)26/h4-7,14H,8-13H2,1-3H3,(H,21,24)(H2,20,25,26)/t19-/m1/s1. The molecule has 1 aromatic carbocycles. The predicted octanol–water partition coefficient (Wildman–Crippen LogP) is 1.42. The van der Waals surface area contributed by atoms with Crippen LogP contribution in [-0.2, 0) is 26.0 Å². The van der Waals surface area contributed by atoms with Crippen LogP contribution >= 0.6 is 0 Å². The zero-order valence-electron chi connectivity index (χ0n) is 16.2. The molecule has 0 radical (unpaired) electrons. The fraction of sp³-hybridized carbons (Fsp3) is 0.579. The maximum Gasteiger partial charge on any atom is 0.245 e. The number of likely N-dealkylation sites (tertiary alicyclic amines) is 1. The number of carbonyl (C=O) groups excluding carboxylic acids is 2. The van der Waals surface area contributed by atoms with Gasteiger partial charge in [-0.1, -0.05) is 26.0 Å². The van der Waals surface area contributed by atoms with E-state index in [2.05, 4.69) is 19.2 Å². The van der Waals surface area contributed by atoms with E-state index >= 15 is 0 Å². The highest BCUT2D eigenvalue weighted by molar-refractivity contribution is 7.89. The Morgan fingerprint density at radius 3 is 2.48 bits per heavy atom. The molecule has 1 fully saturated rings. The van der Waals surface area contributed by atoms with Gasteiger partial charge >= 0.3 is 0 Å². The number of rotatable bonds is 8. The average Bonchev–Trinajstić information content (AvgIpc) is 2.88. The molecule has 1 aliphatic heterocycles. The molecule has 0 aliphatic carbocycles. The Hall–Kier alpha value is -1.93. The highest BCUT2D eigenvalue weighted by atomic mass is 32.2. The number of nitrogens with zero attached hydrogens (tertiary/aromatic N) is 1. The number of sulfonamides is 1. The molecule has 8 heteroatoms. The second kappa shape index (κ2) is 8.39. The molecule has 1 aliphatic rings. The van der Waals surface area contributed by atoms with Crippen LogP contribution < -0.4 is 10.5 Å². The first-order valence-corrected chi connectivity index (χ1v) is 10.8. The van der Waals surface area contributed by atoms with E-state index in [4.69, 9.17) is 5.14 Å². The molecule has 0 aromatic heterocycles. The summed E-state index contributed by atoms with van der Waals surface area (Å²) in [6.45, 7) is 7.01. The molecule has 0 spiro atoms. The fourth-order valence-corrected chi connectivity index (χ4v) is 3.77. The topological polar surface area (TPSA) is 110 Å². The minimum Gasteiger partial charge on any atom is -0.354 e. The van der Waals surface area contributed by atoms with Gasteiger partial charge in [-0.2, -0.15) is 0 Å². The van der Waals surface area contributed by atoms with Gasteiger partial charge in [-0.05, 0) is 49.8 Å². The normalized spacial score (nSPS) is 20.3. The van der Waals surface area contributed by atoms with Crippen molar-refractivity contribution in [2.45, 2.75) is 56.9 Å². The van der Waals surface area contributed by atoms with Crippen molar-refractivity contribution in [3.05, 3.63) is 29.8 Å². The van der Waals surface area contributed by atoms with Crippen LogP contribution in [0.1, 0.15) is 45.6 Å². The summed E-state index contributed by atoms with van der Waals surface area (Å²) in [5, 5.41) is 8.06. The molecule has 0 bridgehead atoms. The molecule has 3 N–H and O–H groups in total. The lowest BCUT2D eigenvalue weighted by Gasteiger charge is -2.34. The van der Waals surface area contributed by atoms with Crippen LogP contribution in [0, 0.1) is 5.92 Å². The van der Waals surface area contributed by atoms with Crippen molar-refractivity contribution in [3.63, 3.8) is 0 Å². The minimum atomic E-state index is -3.72. The van der Waals surface area contributed by atoms with E-state index in [1.807, 2.05) is 6.92 Å². The van der Waals surface area contributed by atoms with Crippen LogP contribution in [0.25, 0.3) is 0 Å². The number of carbonyl (C=O) groups is 2. The minimum absolute atomic E-state index is 0.0299. The molecule has 0 saturated carbocycles. The number of hydrogen-bond donors (Lipinski definition) is 2. The van der Waals surface area contributed by atoms with E-state index in [9.17, 15) is 18.0 Å². The van der Waals surface area contributed by atoms with Crippen molar-refractivity contribution in [3.8, 4) is 0 Å². The summed E-state index contributed by atoms with van der Waals surface area (Å²) in [7, 11) is -3.72. The molecule has 7 nitrogen and oxygen atoms in total. The van der Waals surface area contributed by atoms with E-state index < -0.39 is 15.6 Å². The van der Waals surface area contributed by atoms with Gasteiger partial charge in [0.1, 0.15) is 5.54 Å². The van der Waals surface area contributed by atoms with Crippen molar-refractivity contribution in [2.24, 2.45) is 11.1 Å². The van der Waals surface area contributed by atoms with Crippen LogP contribution in [-0.4, -0.2) is 43.8 Å². The zero-order chi connectivity index (χ0) is 20.2. The lowest BCUT2D eigenvalue weighted by molar-refractivity contribution is -0.140. The lowest BCUT2D eigenvalue weighted by atomic mass is 9.97. The lowest BCUT2D eigenvalue weighted by Crippen LogP contribution is -2.55. The van der Waals surface area contributed by atoms with Gasteiger partial charge in [-0.15, -0.1) is 0 Å². The van der Waals surface area contributed by atoms with Gasteiger partial charge in [0.05, 0.1) is 4.90 Å². The third-order valence-corrected chi connectivity index (χ3v) is 6.02. The average molecular weight is 396 g/mol. The Kier molecular flexibility index (Phi) is 6.64. The van der Waals surface area contributed by atoms with Crippen LogP contribution in [0.5, 0.6) is 0 Å². The maximum absolute atomic E-state index is 12.7. The first kappa shape index (κ1) is 21.4. The van der Waals surface area contributed by atoms with E-state index in [1.165, 1.54) is 12.1 Å². The number of benzene rings is 1. The molecule has 1 heterocycles. The highest BCUT2D eigenvalue weighted by Crippen LogP contribution is 2.30. The Morgan fingerprint density at radius 1 is 1.30 bits per heavy atom. The first-order chi connectivity index (χ1) is 12.5.